The summed E-state index contributed by atoms with van der Waals surface area (Å²) in [4.78, 5) is 0. The van der Waals surface area contributed by atoms with Crippen LogP contribution in [0.2, 0.25) is 0 Å². The molecule has 0 amide bonds. The lowest BCUT2D eigenvalue weighted by atomic mass is 9.79. The van der Waals surface area contributed by atoms with Crippen molar-refractivity contribution in [2.24, 2.45) is 11.7 Å². The lowest BCUT2D eigenvalue weighted by molar-refractivity contribution is -0.0106. The smallest absolute Gasteiger partial charge is 0.0649 e. The molecular formula is C11H21NO. The van der Waals surface area contributed by atoms with Crippen LogP contribution in [-0.2, 0) is 0 Å². The highest BCUT2D eigenvalue weighted by Crippen LogP contribution is 2.39. The van der Waals surface area contributed by atoms with Gasteiger partial charge in [0.2, 0.25) is 0 Å². The molecule has 2 aliphatic rings. The molecule has 76 valence electrons. The van der Waals surface area contributed by atoms with Gasteiger partial charge in [0.15, 0.2) is 0 Å². The minimum atomic E-state index is -0.349. The second-order valence-corrected chi connectivity index (χ2v) is 5.04. The summed E-state index contributed by atoms with van der Waals surface area (Å²) in [5, 5.41) is 10.2. The molecule has 0 aliphatic heterocycles. The predicted molar refractivity (Wildman–Crippen MR) is 53.4 cm³/mol. The van der Waals surface area contributed by atoms with Gasteiger partial charge in [0.1, 0.15) is 0 Å². The third kappa shape index (κ3) is 2.68. The van der Waals surface area contributed by atoms with Crippen molar-refractivity contribution in [1.82, 2.24) is 0 Å². The summed E-state index contributed by atoms with van der Waals surface area (Å²) in [6.45, 7) is 0. The first-order valence-corrected chi connectivity index (χ1v) is 5.66. The van der Waals surface area contributed by atoms with Gasteiger partial charge >= 0.3 is 0 Å². The van der Waals surface area contributed by atoms with E-state index in [1.165, 1.54) is 19.3 Å². The number of nitrogens with two attached hydrogens (primary N) is 1. The van der Waals surface area contributed by atoms with E-state index >= 15 is 0 Å². The van der Waals surface area contributed by atoms with Gasteiger partial charge in [0.25, 0.3) is 0 Å². The molecule has 0 bridgehead atoms. The normalized spacial score (nSPS) is 40.6. The number of hydrogen-bond donors (Lipinski definition) is 2. The van der Waals surface area contributed by atoms with E-state index in [1.807, 2.05) is 0 Å². The largest absolute Gasteiger partial charge is 0.390 e. The first kappa shape index (κ1) is 9.47. The Labute approximate surface area is 80.5 Å². The fourth-order valence-electron chi connectivity index (χ4n) is 2.31. The second-order valence-electron chi connectivity index (χ2n) is 5.04. The maximum atomic E-state index is 10.2. The number of hydrogen-bond acceptors (Lipinski definition) is 2. The first-order valence-electron chi connectivity index (χ1n) is 5.66. The third-order valence-corrected chi connectivity index (χ3v) is 3.68. The molecule has 0 radical (unpaired) electrons. The minimum absolute atomic E-state index is 0.348. The lowest BCUT2D eigenvalue weighted by Crippen LogP contribution is -2.38. The van der Waals surface area contributed by atoms with Gasteiger partial charge in [-0.25, -0.2) is 0 Å². The van der Waals surface area contributed by atoms with Crippen molar-refractivity contribution in [3.8, 4) is 0 Å². The Morgan fingerprint density at radius 2 is 1.77 bits per heavy atom. The van der Waals surface area contributed by atoms with E-state index in [1.54, 1.807) is 0 Å². The fraction of sp³-hybridized carbons (Fsp3) is 1.00. The van der Waals surface area contributed by atoms with Crippen LogP contribution < -0.4 is 5.73 Å². The molecule has 2 heteroatoms. The van der Waals surface area contributed by atoms with E-state index in [-0.39, 0.29) is 5.60 Å². The predicted octanol–water partition coefficient (Wildman–Crippen LogP) is 1.81. The van der Waals surface area contributed by atoms with Gasteiger partial charge in [-0.3, -0.25) is 0 Å². The van der Waals surface area contributed by atoms with Crippen LogP contribution in [-0.4, -0.2) is 16.7 Å². The minimum Gasteiger partial charge on any atom is -0.390 e. The highest BCUT2D eigenvalue weighted by Gasteiger charge is 2.33. The van der Waals surface area contributed by atoms with Crippen molar-refractivity contribution in [2.75, 3.05) is 0 Å². The molecule has 0 aromatic heterocycles. The van der Waals surface area contributed by atoms with Gasteiger partial charge in [0.05, 0.1) is 5.60 Å². The molecule has 0 saturated heterocycles. The van der Waals surface area contributed by atoms with E-state index in [0.717, 1.165) is 38.0 Å². The molecule has 2 nitrogen and oxygen atoms in total. The number of aliphatic hydroxyl groups is 1. The van der Waals surface area contributed by atoms with Crippen molar-refractivity contribution in [3.05, 3.63) is 0 Å². The molecule has 2 saturated carbocycles. The second kappa shape index (κ2) is 3.58. The Morgan fingerprint density at radius 3 is 2.31 bits per heavy atom. The Balaban J connectivity index is 1.74. The molecule has 0 atom stereocenters. The summed E-state index contributed by atoms with van der Waals surface area (Å²) in [5.74, 6) is 0.944. The maximum Gasteiger partial charge on any atom is 0.0649 e. The van der Waals surface area contributed by atoms with E-state index in [0.29, 0.717) is 6.04 Å². The van der Waals surface area contributed by atoms with Crippen LogP contribution in [0.25, 0.3) is 0 Å². The van der Waals surface area contributed by atoms with Crippen LogP contribution in [0.15, 0.2) is 0 Å². The van der Waals surface area contributed by atoms with Gasteiger partial charge in [-0.05, 0) is 44.4 Å². The lowest BCUT2D eigenvalue weighted by Gasteiger charge is -2.34. The quantitative estimate of drug-likeness (QED) is 0.701. The van der Waals surface area contributed by atoms with Gasteiger partial charge < -0.3 is 10.8 Å². The highest BCUT2D eigenvalue weighted by atomic mass is 16.3. The molecular weight excluding hydrogens is 162 g/mol. The Bertz CT molecular complexity index is 169. The zero-order chi connectivity index (χ0) is 9.31. The van der Waals surface area contributed by atoms with Crippen molar-refractivity contribution in [2.45, 2.75) is 63.0 Å². The molecule has 2 aliphatic carbocycles. The molecule has 3 N–H and O–H groups in total. The molecule has 0 aromatic rings. The number of rotatable bonds is 3. The monoisotopic (exact) mass is 183 g/mol. The van der Waals surface area contributed by atoms with E-state index in [4.69, 9.17) is 5.73 Å². The Kier molecular flexibility index (Phi) is 2.61. The summed E-state index contributed by atoms with van der Waals surface area (Å²) < 4.78 is 0. The van der Waals surface area contributed by atoms with Crippen LogP contribution in [0.4, 0.5) is 0 Å². The van der Waals surface area contributed by atoms with Crippen molar-refractivity contribution in [1.29, 1.82) is 0 Å². The first-order chi connectivity index (χ1) is 6.18. The molecule has 0 spiro atoms. The fourth-order valence-corrected chi connectivity index (χ4v) is 2.31. The zero-order valence-electron chi connectivity index (χ0n) is 8.34. The van der Waals surface area contributed by atoms with Crippen molar-refractivity contribution >= 4 is 0 Å². The molecule has 2 rings (SSSR count). The van der Waals surface area contributed by atoms with E-state index < -0.39 is 0 Å². The van der Waals surface area contributed by atoms with Gasteiger partial charge in [-0.1, -0.05) is 12.8 Å². The molecule has 0 heterocycles. The van der Waals surface area contributed by atoms with Gasteiger partial charge in [-0.15, -0.1) is 0 Å². The summed E-state index contributed by atoms with van der Waals surface area (Å²) in [6.07, 6.45) is 8.95. The summed E-state index contributed by atoms with van der Waals surface area (Å²) in [6, 6.07) is 0.348. The summed E-state index contributed by atoms with van der Waals surface area (Å²) >= 11 is 0. The van der Waals surface area contributed by atoms with Gasteiger partial charge in [-0.2, -0.15) is 0 Å². The van der Waals surface area contributed by atoms with Crippen molar-refractivity contribution < 1.29 is 5.11 Å². The zero-order valence-corrected chi connectivity index (χ0v) is 8.34. The van der Waals surface area contributed by atoms with Crippen LogP contribution in [0.5, 0.6) is 0 Å². The highest BCUT2D eigenvalue weighted by molar-refractivity contribution is 4.88. The standard InChI is InChI=1S/C11H21NO/c12-10-4-7-11(13,8-5-10)6-3-9-1-2-9/h9-10,13H,1-8,12H2. The average Bonchev–Trinajstić information content (AvgIpc) is 2.91. The summed E-state index contributed by atoms with van der Waals surface area (Å²) in [7, 11) is 0. The molecule has 13 heavy (non-hydrogen) atoms. The molecule has 2 fully saturated rings. The van der Waals surface area contributed by atoms with Crippen molar-refractivity contribution in [3.63, 3.8) is 0 Å². The topological polar surface area (TPSA) is 46.2 Å². The van der Waals surface area contributed by atoms with E-state index in [2.05, 4.69) is 0 Å². The maximum absolute atomic E-state index is 10.2. The van der Waals surface area contributed by atoms with Gasteiger partial charge in [0, 0.05) is 6.04 Å². The van der Waals surface area contributed by atoms with Crippen LogP contribution in [0.3, 0.4) is 0 Å². The molecule has 0 aromatic carbocycles. The Morgan fingerprint density at radius 1 is 1.15 bits per heavy atom. The van der Waals surface area contributed by atoms with E-state index in [9.17, 15) is 5.11 Å². The van der Waals surface area contributed by atoms with Crippen LogP contribution in [0, 0.1) is 5.92 Å². The molecule has 0 unspecified atom stereocenters. The SMILES string of the molecule is NC1CCC(O)(CCC2CC2)CC1. The summed E-state index contributed by atoms with van der Waals surface area (Å²) in [5.41, 5.74) is 5.46. The van der Waals surface area contributed by atoms with Crippen LogP contribution in [0.1, 0.15) is 51.4 Å². The van der Waals surface area contributed by atoms with Crippen LogP contribution >= 0.6 is 0 Å². The average molecular weight is 183 g/mol. The Hall–Kier alpha value is -0.0800. The third-order valence-electron chi connectivity index (χ3n) is 3.68.